The number of carbonyl (C=O) groups is 4. The van der Waals surface area contributed by atoms with Gasteiger partial charge in [-0.2, -0.15) is 0 Å². The first-order valence-corrected chi connectivity index (χ1v) is 11.3. The van der Waals surface area contributed by atoms with Crippen molar-refractivity contribution in [1.29, 1.82) is 0 Å². The molecule has 190 valence electrons. The second kappa shape index (κ2) is 11.1. The summed E-state index contributed by atoms with van der Waals surface area (Å²) in [5.41, 5.74) is 2.49. The third kappa shape index (κ3) is 6.29. The summed E-state index contributed by atoms with van der Waals surface area (Å²) in [5, 5.41) is 0. The molecule has 0 bridgehead atoms. The van der Waals surface area contributed by atoms with E-state index >= 15 is 0 Å². The number of fused-ring (bicyclic) bond motifs is 1. The molecule has 1 atom stereocenters. The number of methoxy groups -OCH3 is 1. The Balaban J connectivity index is 2.11. The van der Waals surface area contributed by atoms with Crippen molar-refractivity contribution < 1.29 is 42.9 Å². The maximum atomic E-state index is 13.2. The Morgan fingerprint density at radius 2 is 1.56 bits per heavy atom. The Morgan fingerprint density at radius 1 is 0.917 bits per heavy atom. The number of allylic oxidation sites excluding steroid dienone is 2. The molecule has 0 spiro atoms. The highest BCUT2D eigenvalue weighted by molar-refractivity contribution is 6.03. The van der Waals surface area contributed by atoms with Crippen molar-refractivity contribution >= 4 is 23.7 Å². The molecule has 0 aromatic heterocycles. The standard InChI is InChI=1S/C27H28O9/c1-14(2)7-8-18-9-19(10-25(27(18)32-6)35-17(5)30)22-13-21(31)26-23(34-16(4)29)11-20(33-15(3)28)12-24(26)36-22/h7,9-12,22H,8,13H2,1-6H3. The number of Topliss-reactive ketones (excluding diaryl/α,β-unsaturated/α-hetero) is 1. The minimum atomic E-state index is -0.756. The number of carbonyl (C=O) groups excluding carboxylic acids is 4. The van der Waals surface area contributed by atoms with Crippen LogP contribution in [0.1, 0.15) is 68.6 Å². The van der Waals surface area contributed by atoms with E-state index in [4.69, 9.17) is 23.7 Å². The summed E-state index contributed by atoms with van der Waals surface area (Å²) in [5.74, 6) is -1.38. The lowest BCUT2D eigenvalue weighted by Crippen LogP contribution is -2.22. The molecule has 0 saturated carbocycles. The van der Waals surface area contributed by atoms with Crippen LogP contribution in [0.2, 0.25) is 0 Å². The second-order valence-electron chi connectivity index (χ2n) is 8.51. The molecule has 3 rings (SSSR count). The molecule has 2 aromatic rings. The molecular weight excluding hydrogens is 468 g/mol. The highest BCUT2D eigenvalue weighted by Crippen LogP contribution is 2.44. The Morgan fingerprint density at radius 3 is 2.14 bits per heavy atom. The predicted molar refractivity (Wildman–Crippen MR) is 129 cm³/mol. The Labute approximate surface area is 208 Å². The van der Waals surface area contributed by atoms with E-state index in [0.29, 0.717) is 17.7 Å². The van der Waals surface area contributed by atoms with Crippen LogP contribution in [0.5, 0.6) is 28.7 Å². The molecule has 36 heavy (non-hydrogen) atoms. The third-order valence-electron chi connectivity index (χ3n) is 5.19. The molecule has 0 aliphatic carbocycles. The van der Waals surface area contributed by atoms with E-state index in [1.54, 1.807) is 6.07 Å². The lowest BCUT2D eigenvalue weighted by molar-refractivity contribution is -0.133. The number of rotatable bonds is 7. The molecule has 0 radical (unpaired) electrons. The zero-order valence-electron chi connectivity index (χ0n) is 21.1. The molecule has 1 aliphatic heterocycles. The SMILES string of the molecule is COc1c(CC=C(C)C)cc(C2CC(=O)c3c(OC(C)=O)cc(OC(C)=O)cc3O2)cc1OC(C)=O. The van der Waals surface area contributed by atoms with Crippen LogP contribution in [-0.2, 0) is 20.8 Å². The average molecular weight is 497 g/mol. The minimum Gasteiger partial charge on any atom is -0.493 e. The van der Waals surface area contributed by atoms with Crippen molar-refractivity contribution in [2.75, 3.05) is 7.11 Å². The molecule has 2 aromatic carbocycles. The summed E-state index contributed by atoms with van der Waals surface area (Å²) in [6.45, 7) is 7.63. The van der Waals surface area contributed by atoms with E-state index in [-0.39, 0.29) is 40.8 Å². The van der Waals surface area contributed by atoms with Crippen LogP contribution in [0.3, 0.4) is 0 Å². The first-order valence-electron chi connectivity index (χ1n) is 11.3. The van der Waals surface area contributed by atoms with Gasteiger partial charge in [0.25, 0.3) is 0 Å². The normalized spacial score (nSPS) is 14.2. The van der Waals surface area contributed by atoms with Crippen molar-refractivity contribution in [2.45, 2.75) is 53.6 Å². The summed E-state index contributed by atoms with van der Waals surface area (Å²) >= 11 is 0. The van der Waals surface area contributed by atoms with Gasteiger partial charge < -0.3 is 23.7 Å². The number of ether oxygens (including phenoxy) is 5. The fourth-order valence-corrected chi connectivity index (χ4v) is 3.84. The van der Waals surface area contributed by atoms with Gasteiger partial charge in [0.15, 0.2) is 17.3 Å². The predicted octanol–water partition coefficient (Wildman–Crippen LogP) is 4.69. The summed E-state index contributed by atoms with van der Waals surface area (Å²) < 4.78 is 27.4. The van der Waals surface area contributed by atoms with E-state index in [1.165, 1.54) is 40.0 Å². The summed E-state index contributed by atoms with van der Waals surface area (Å²) in [6, 6.07) is 6.12. The smallest absolute Gasteiger partial charge is 0.308 e. The molecule has 0 N–H and O–H groups in total. The van der Waals surface area contributed by atoms with Crippen molar-refractivity contribution in [3.8, 4) is 28.7 Å². The first kappa shape index (κ1) is 26.5. The van der Waals surface area contributed by atoms with Gasteiger partial charge in [-0.1, -0.05) is 11.6 Å². The van der Waals surface area contributed by atoms with E-state index in [9.17, 15) is 19.2 Å². The fraction of sp³-hybridized carbons (Fsp3) is 0.333. The maximum absolute atomic E-state index is 13.2. The highest BCUT2D eigenvalue weighted by atomic mass is 16.6. The average Bonchev–Trinajstić information content (AvgIpc) is 2.75. The van der Waals surface area contributed by atoms with Crippen molar-refractivity contribution in [3.05, 3.63) is 52.6 Å². The van der Waals surface area contributed by atoms with E-state index in [1.807, 2.05) is 26.0 Å². The molecule has 0 amide bonds. The monoisotopic (exact) mass is 496 g/mol. The van der Waals surface area contributed by atoms with Crippen molar-refractivity contribution in [3.63, 3.8) is 0 Å². The number of hydrogen-bond acceptors (Lipinski definition) is 9. The van der Waals surface area contributed by atoms with Crippen molar-refractivity contribution in [2.24, 2.45) is 0 Å². The third-order valence-corrected chi connectivity index (χ3v) is 5.19. The van der Waals surface area contributed by atoms with E-state index in [2.05, 4.69) is 0 Å². The van der Waals surface area contributed by atoms with Gasteiger partial charge in [0, 0.05) is 38.5 Å². The topological polar surface area (TPSA) is 114 Å². The van der Waals surface area contributed by atoms with Crippen LogP contribution in [0.4, 0.5) is 0 Å². The molecule has 9 heteroatoms. The van der Waals surface area contributed by atoms with Gasteiger partial charge in [0.1, 0.15) is 28.9 Å². The quantitative estimate of drug-likeness (QED) is 0.306. The zero-order chi connectivity index (χ0) is 26.6. The summed E-state index contributed by atoms with van der Waals surface area (Å²) in [7, 11) is 1.48. The van der Waals surface area contributed by atoms with Gasteiger partial charge in [0.2, 0.25) is 0 Å². The molecule has 1 heterocycles. The lowest BCUT2D eigenvalue weighted by atomic mass is 9.93. The Hall–Kier alpha value is -4.14. The molecule has 1 unspecified atom stereocenters. The Bertz CT molecular complexity index is 1250. The van der Waals surface area contributed by atoms with Crippen LogP contribution in [-0.4, -0.2) is 30.8 Å². The number of esters is 3. The van der Waals surface area contributed by atoms with Gasteiger partial charge in [-0.15, -0.1) is 0 Å². The second-order valence-corrected chi connectivity index (χ2v) is 8.51. The van der Waals surface area contributed by atoms with Gasteiger partial charge in [-0.05, 0) is 38.0 Å². The van der Waals surface area contributed by atoms with E-state index in [0.717, 1.165) is 11.1 Å². The highest BCUT2D eigenvalue weighted by Gasteiger charge is 2.33. The molecule has 0 fully saturated rings. The maximum Gasteiger partial charge on any atom is 0.308 e. The molecule has 0 saturated heterocycles. The largest absolute Gasteiger partial charge is 0.493 e. The first-order chi connectivity index (χ1) is 17.0. The van der Waals surface area contributed by atoms with Crippen LogP contribution < -0.4 is 23.7 Å². The van der Waals surface area contributed by atoms with Gasteiger partial charge >= 0.3 is 17.9 Å². The van der Waals surface area contributed by atoms with Gasteiger partial charge in [-0.25, -0.2) is 0 Å². The summed E-state index contributed by atoms with van der Waals surface area (Å²) in [6.07, 6.45) is 1.67. The van der Waals surface area contributed by atoms with Crippen LogP contribution in [0.15, 0.2) is 35.9 Å². The van der Waals surface area contributed by atoms with Crippen LogP contribution in [0.25, 0.3) is 0 Å². The van der Waals surface area contributed by atoms with E-state index < -0.39 is 24.0 Å². The van der Waals surface area contributed by atoms with Crippen LogP contribution >= 0.6 is 0 Å². The summed E-state index contributed by atoms with van der Waals surface area (Å²) in [4.78, 5) is 48.1. The van der Waals surface area contributed by atoms with Crippen LogP contribution in [0, 0.1) is 0 Å². The minimum absolute atomic E-state index is 0.0562. The lowest BCUT2D eigenvalue weighted by Gasteiger charge is -2.28. The number of hydrogen-bond donors (Lipinski definition) is 0. The number of benzene rings is 2. The zero-order valence-corrected chi connectivity index (χ0v) is 21.1. The number of ketones is 1. The molecular formula is C27H28O9. The fourth-order valence-electron chi connectivity index (χ4n) is 3.84. The van der Waals surface area contributed by atoms with Crippen molar-refractivity contribution in [1.82, 2.24) is 0 Å². The molecule has 9 nitrogen and oxygen atoms in total. The Kier molecular flexibility index (Phi) is 8.14. The van der Waals surface area contributed by atoms with Gasteiger partial charge in [0.05, 0.1) is 13.5 Å². The molecule has 1 aliphatic rings. The van der Waals surface area contributed by atoms with Gasteiger partial charge in [-0.3, -0.25) is 19.2 Å².